The van der Waals surface area contributed by atoms with Gasteiger partial charge in [-0.15, -0.1) is 0 Å². The summed E-state index contributed by atoms with van der Waals surface area (Å²) in [5.41, 5.74) is -0.551. The largest absolute Gasteiger partial charge is 0.479 e. The molecule has 17 atom stereocenters. The summed E-state index contributed by atoms with van der Waals surface area (Å²) in [6, 6.07) is 0. The zero-order valence-electron chi connectivity index (χ0n) is 35.3. The normalized spacial score (nSPS) is 44.6. The van der Waals surface area contributed by atoms with Crippen molar-refractivity contribution in [2.45, 2.75) is 209 Å². The van der Waals surface area contributed by atoms with Crippen LogP contribution in [0.4, 0.5) is 0 Å². The van der Waals surface area contributed by atoms with E-state index in [-0.39, 0.29) is 42.7 Å². The lowest BCUT2D eigenvalue weighted by Gasteiger charge is -2.50. The third kappa shape index (κ3) is 9.48. The Morgan fingerprint density at radius 2 is 1.74 bits per heavy atom. The van der Waals surface area contributed by atoms with Crippen LogP contribution in [0.3, 0.4) is 0 Å². The average Bonchev–Trinajstić information content (AvgIpc) is 3.56. The summed E-state index contributed by atoms with van der Waals surface area (Å²) in [5.74, 6) is -3.82. The molecule has 2 unspecified atom stereocenters. The quantitative estimate of drug-likeness (QED) is 0.153. The number of aliphatic hydroxyl groups excluding tert-OH is 3. The molecular formula is C44H71NO13. The van der Waals surface area contributed by atoms with Crippen LogP contribution in [0.15, 0.2) is 36.0 Å². The van der Waals surface area contributed by atoms with E-state index in [0.29, 0.717) is 56.4 Å². The lowest BCUT2D eigenvalue weighted by atomic mass is 9.79. The van der Waals surface area contributed by atoms with E-state index in [9.17, 15) is 30.3 Å². The van der Waals surface area contributed by atoms with Crippen LogP contribution in [0.1, 0.15) is 125 Å². The molecule has 0 saturated carbocycles. The van der Waals surface area contributed by atoms with Crippen LogP contribution >= 0.6 is 0 Å². The van der Waals surface area contributed by atoms with Gasteiger partial charge in [-0.1, -0.05) is 45.1 Å². The molecule has 0 aliphatic carbocycles. The maximum Gasteiger partial charge on any atom is 0.335 e. The maximum absolute atomic E-state index is 11.6. The van der Waals surface area contributed by atoms with Gasteiger partial charge in [-0.25, -0.2) is 4.79 Å². The molecule has 0 radical (unpaired) electrons. The second-order valence-electron chi connectivity index (χ2n) is 18.9. The van der Waals surface area contributed by atoms with Crippen molar-refractivity contribution in [1.82, 2.24) is 6.15 Å². The monoisotopic (exact) mass is 821 g/mol. The van der Waals surface area contributed by atoms with Gasteiger partial charge in [0.15, 0.2) is 17.2 Å². The summed E-state index contributed by atoms with van der Waals surface area (Å²) < 4.78 is 45.2. The first-order valence-corrected chi connectivity index (χ1v) is 21.7. The van der Waals surface area contributed by atoms with Crippen molar-refractivity contribution >= 4 is 5.97 Å². The number of ether oxygens (including phenoxy) is 7. The number of carbonyl (C=O) groups is 1. The summed E-state index contributed by atoms with van der Waals surface area (Å²) in [6.07, 6.45) is 9.37. The van der Waals surface area contributed by atoms with Gasteiger partial charge in [0.25, 0.3) is 0 Å². The van der Waals surface area contributed by atoms with Crippen LogP contribution in [0.2, 0.25) is 0 Å². The summed E-state index contributed by atoms with van der Waals surface area (Å²) in [5, 5.41) is 54.0. The van der Waals surface area contributed by atoms with Gasteiger partial charge >= 0.3 is 5.97 Å². The highest BCUT2D eigenvalue weighted by molar-refractivity contribution is 5.76. The predicted molar refractivity (Wildman–Crippen MR) is 213 cm³/mol. The molecule has 0 bridgehead atoms. The molecule has 3 spiro atoms. The van der Waals surface area contributed by atoms with Gasteiger partial charge in [-0.05, 0) is 95.1 Å². The van der Waals surface area contributed by atoms with E-state index >= 15 is 0 Å². The molecular weight excluding hydrogens is 750 g/mol. The minimum atomic E-state index is -1.96. The van der Waals surface area contributed by atoms with Gasteiger partial charge in [0.2, 0.25) is 5.79 Å². The van der Waals surface area contributed by atoms with E-state index < -0.39 is 71.7 Å². The van der Waals surface area contributed by atoms with E-state index in [1.54, 1.807) is 6.08 Å². The molecule has 14 nitrogen and oxygen atoms in total. The highest BCUT2D eigenvalue weighted by atomic mass is 16.7. The fourth-order valence-corrected chi connectivity index (χ4v) is 10.5. The van der Waals surface area contributed by atoms with Gasteiger partial charge in [0.05, 0.1) is 43.2 Å². The fourth-order valence-electron chi connectivity index (χ4n) is 10.5. The molecule has 0 amide bonds. The number of aliphatic hydroxyl groups is 4. The first kappa shape index (κ1) is 45.7. The zero-order valence-corrected chi connectivity index (χ0v) is 35.3. The molecule has 8 N–H and O–H groups in total. The lowest BCUT2D eigenvalue weighted by Crippen LogP contribution is -2.60. The van der Waals surface area contributed by atoms with Crippen molar-refractivity contribution in [3.8, 4) is 0 Å². The topological polar surface area (TPSA) is 218 Å². The van der Waals surface area contributed by atoms with Crippen molar-refractivity contribution in [1.29, 1.82) is 0 Å². The molecule has 0 aromatic heterocycles. The minimum Gasteiger partial charge on any atom is -0.479 e. The Morgan fingerprint density at radius 3 is 2.47 bits per heavy atom. The molecule has 14 heteroatoms. The van der Waals surface area contributed by atoms with Crippen molar-refractivity contribution in [2.24, 2.45) is 17.8 Å². The third-order valence-electron chi connectivity index (χ3n) is 14.0. The smallest absolute Gasteiger partial charge is 0.335 e. The Balaban J connectivity index is 0.00000567. The van der Waals surface area contributed by atoms with Crippen LogP contribution in [0, 0.1) is 17.8 Å². The number of hydrogen-bond acceptors (Lipinski definition) is 13. The first-order valence-electron chi connectivity index (χ1n) is 21.7. The molecule has 6 saturated heterocycles. The second-order valence-corrected chi connectivity index (χ2v) is 18.9. The summed E-state index contributed by atoms with van der Waals surface area (Å²) in [6.45, 7) is 14.5. The number of hydrogen-bond donors (Lipinski definition) is 6. The Labute approximate surface area is 343 Å². The maximum atomic E-state index is 11.6. The van der Waals surface area contributed by atoms with E-state index in [4.69, 9.17) is 33.2 Å². The molecule has 58 heavy (non-hydrogen) atoms. The van der Waals surface area contributed by atoms with Crippen LogP contribution in [0.25, 0.3) is 0 Å². The van der Waals surface area contributed by atoms with E-state index in [0.717, 1.165) is 50.7 Å². The van der Waals surface area contributed by atoms with Crippen LogP contribution in [-0.4, -0.2) is 122 Å². The zero-order chi connectivity index (χ0) is 40.9. The van der Waals surface area contributed by atoms with Crippen molar-refractivity contribution in [3.63, 3.8) is 0 Å². The minimum absolute atomic E-state index is 0. The van der Waals surface area contributed by atoms with Crippen LogP contribution in [-0.2, 0) is 38.0 Å². The van der Waals surface area contributed by atoms with Gasteiger partial charge in [-0.3, -0.25) is 0 Å². The molecule has 7 rings (SSSR count). The summed E-state index contributed by atoms with van der Waals surface area (Å²) in [4.78, 5) is 11.6. The van der Waals surface area contributed by atoms with Crippen molar-refractivity contribution < 1.29 is 63.5 Å². The molecule has 7 aliphatic heterocycles. The lowest BCUT2D eigenvalue weighted by molar-refractivity contribution is -0.321. The van der Waals surface area contributed by atoms with Gasteiger partial charge in [-0.2, -0.15) is 0 Å². The Kier molecular flexibility index (Phi) is 14.1. The average molecular weight is 822 g/mol. The Bertz CT molecular complexity index is 1510. The van der Waals surface area contributed by atoms with E-state index in [1.165, 1.54) is 6.92 Å². The molecule has 7 aliphatic rings. The molecule has 330 valence electrons. The number of carboxylic acids is 1. The van der Waals surface area contributed by atoms with E-state index in [2.05, 4.69) is 26.5 Å². The van der Waals surface area contributed by atoms with Crippen LogP contribution in [0.5, 0.6) is 0 Å². The fraction of sp³-hybridized carbons (Fsp3) is 0.841. The first-order chi connectivity index (χ1) is 26.9. The number of aliphatic carboxylic acids is 1. The third-order valence-corrected chi connectivity index (χ3v) is 14.0. The summed E-state index contributed by atoms with van der Waals surface area (Å²) in [7, 11) is 0. The highest BCUT2D eigenvalue weighted by Gasteiger charge is 2.55. The highest BCUT2D eigenvalue weighted by Crippen LogP contribution is 2.47. The number of rotatable bonds is 10. The number of carboxylic acid groups (broad SMARTS) is 1. The van der Waals surface area contributed by atoms with Crippen LogP contribution < -0.4 is 6.15 Å². The SMILES string of the molecule is C=C1[C@@H](O)[C@@H]2O[C@@]3(CCC2O[C@@H]1[C@@H](O)C[C@H](C)C1O[C@@]2(CCCCO2)CC[C@H]1C)CC[C@H](/C=C/[C@@H](C)[C@@H]1CC(C)=C[C@@]2(O[C@H](C[C@@](C)(O)C(=O)O)CC[C@H]2O)O1)O3.N. The van der Waals surface area contributed by atoms with Crippen molar-refractivity contribution in [2.75, 3.05) is 6.61 Å². The van der Waals surface area contributed by atoms with Gasteiger partial charge < -0.3 is 64.8 Å². The molecule has 6 fully saturated rings. The molecule has 0 aromatic rings. The number of fused-ring (bicyclic) bond motifs is 1. The van der Waals surface area contributed by atoms with Crippen molar-refractivity contribution in [3.05, 3.63) is 36.0 Å². The second kappa shape index (κ2) is 17.9. The van der Waals surface area contributed by atoms with Gasteiger partial charge in [0.1, 0.15) is 24.4 Å². The standard InChI is InChI=1S/C44H68O13.H3N/c1-25-21-34(55-44(23-25)35(46)12-11-31(54-44)24-41(6,50)40(48)49)26(2)9-10-30-14-18-43(53-30)19-15-33-39(57-43)36(47)29(5)38(52-33)32(45)22-28(4)37-27(3)13-17-42(56-37)16-7-8-20-51-42;/h9-10,23,26-28,30-39,45-47,50H,5,7-8,11-22,24H2,1-4,6H3,(H,48,49);1H3/b10-9+;/t26-,27-,28+,30+,31+,32+,33?,34+,35-,36-,37?,38+,39-,41-,42+,43-,44-;/m1./s1. The van der Waals surface area contributed by atoms with E-state index in [1.807, 2.05) is 19.9 Å². The Hall–Kier alpha value is -1.79. The van der Waals surface area contributed by atoms with Gasteiger partial charge in [0, 0.05) is 38.0 Å². The molecule has 0 aromatic carbocycles. The summed E-state index contributed by atoms with van der Waals surface area (Å²) >= 11 is 0. The molecule has 7 heterocycles. The predicted octanol–water partition coefficient (Wildman–Crippen LogP) is 5.38. The Morgan fingerprint density at radius 1 is 1.00 bits per heavy atom.